The fourth-order valence-electron chi connectivity index (χ4n) is 8.08. The van der Waals surface area contributed by atoms with Crippen LogP contribution in [0.25, 0.3) is 0 Å². The molecule has 0 aromatic heterocycles. The summed E-state index contributed by atoms with van der Waals surface area (Å²) >= 11 is 0. The molecule has 0 fully saturated rings. The highest BCUT2D eigenvalue weighted by Crippen LogP contribution is 2.47. The number of hydrogen-bond donors (Lipinski definition) is 0. The lowest BCUT2D eigenvalue weighted by Crippen LogP contribution is -1.93. The normalized spacial score (nSPS) is 12.0. The van der Waals surface area contributed by atoms with E-state index < -0.39 is 7.26 Å². The molecule has 0 saturated heterocycles. The van der Waals surface area contributed by atoms with E-state index in [4.69, 9.17) is 0 Å². The van der Waals surface area contributed by atoms with E-state index in [1.165, 1.54) is 289 Å². The largest absolute Gasteiger partial charge is 0.0654 e. The molecule has 302 valence electrons. The maximum atomic E-state index is 2.49. The van der Waals surface area contributed by atoms with E-state index >= 15 is 0 Å². The second-order valence-corrected chi connectivity index (χ2v) is 23.2. The third-order valence-corrected chi connectivity index (χ3v) is 13.3. The fourth-order valence-corrected chi connectivity index (χ4v) is 9.26. The Labute approximate surface area is 321 Å². The van der Waals surface area contributed by atoms with Gasteiger partial charge in [-0.2, -0.15) is 0 Å². The molecule has 0 aliphatic carbocycles. The predicted molar refractivity (Wildman–Crippen MR) is 238 cm³/mol. The quantitative estimate of drug-likeness (QED) is 0.0434. The average molecular weight is 722 g/mol. The van der Waals surface area contributed by atoms with Gasteiger partial charge in [0.25, 0.3) is 0 Å². The second kappa shape index (κ2) is 43.8. The van der Waals surface area contributed by atoms with Crippen LogP contribution in [0.5, 0.6) is 0 Å². The molecule has 0 bridgehead atoms. The zero-order chi connectivity index (χ0) is 36.3. The summed E-state index contributed by atoms with van der Waals surface area (Å²) in [5, 5.41) is 0. The maximum absolute atomic E-state index is 2.49. The van der Waals surface area contributed by atoms with Gasteiger partial charge in [-0.25, -0.2) is 0 Å². The lowest BCUT2D eigenvalue weighted by molar-refractivity contribution is 0.508. The van der Waals surface area contributed by atoms with Crippen molar-refractivity contribution in [2.75, 3.05) is 26.2 Å². The summed E-state index contributed by atoms with van der Waals surface area (Å²) < 4.78 is 0. The Kier molecular flexibility index (Phi) is 44.2. The van der Waals surface area contributed by atoms with E-state index in [2.05, 4.69) is 26.9 Å². The van der Waals surface area contributed by atoms with E-state index in [0.29, 0.717) is 0 Å². The van der Waals surface area contributed by atoms with Crippen molar-refractivity contribution >= 4 is 7.26 Å². The van der Waals surface area contributed by atoms with Crippen LogP contribution < -0.4 is 0 Å². The molecule has 0 aromatic carbocycles. The molecule has 1 heteroatoms. The van der Waals surface area contributed by atoms with Crippen LogP contribution in [-0.4, -0.2) is 26.2 Å². The minimum Gasteiger partial charge on any atom is -0.0654 e. The molecule has 0 aliphatic heterocycles. The van der Waals surface area contributed by atoms with Crippen molar-refractivity contribution in [2.24, 2.45) is 0 Å². The van der Waals surface area contributed by atoms with Crippen LogP contribution in [0.15, 0.2) is 0 Å². The summed E-state index contributed by atoms with van der Waals surface area (Å²) in [6.07, 6.45) is 67.1. The van der Waals surface area contributed by atoms with E-state index in [-0.39, 0.29) is 0 Å². The third-order valence-electron chi connectivity index (χ3n) is 11.7. The third kappa shape index (κ3) is 48.4. The SMILES string of the molecule is CCCCCCCCCCCCCCCCCCCCCCCCCCCCCCCCCCCCCCCCCCCCCC[P+](C)(C)C. The fraction of sp³-hybridized carbons (Fsp3) is 1.00. The molecule has 50 heavy (non-hydrogen) atoms. The molecule has 0 saturated carbocycles. The van der Waals surface area contributed by atoms with Gasteiger partial charge in [0, 0.05) is 27.3 Å². The molecule has 0 radical (unpaired) electrons. The first-order valence-electron chi connectivity index (χ1n) is 24.4. The lowest BCUT2D eigenvalue weighted by atomic mass is 10.0. The summed E-state index contributed by atoms with van der Waals surface area (Å²) in [5.41, 5.74) is 0. The standard InChI is InChI=1S/C49H102P/c1-5-6-7-8-9-10-11-12-13-14-15-16-17-18-19-20-21-22-23-24-25-26-27-28-29-30-31-32-33-34-35-36-37-38-39-40-41-42-43-44-45-46-47-48-49-50(2,3)4/h5-49H2,1-4H3/q+1. The van der Waals surface area contributed by atoms with Crippen molar-refractivity contribution in [2.45, 2.75) is 289 Å². The summed E-state index contributed by atoms with van der Waals surface area (Å²) in [5.74, 6) is 0. The molecule has 0 unspecified atom stereocenters. The van der Waals surface area contributed by atoms with Crippen molar-refractivity contribution < 1.29 is 0 Å². The van der Waals surface area contributed by atoms with Crippen molar-refractivity contribution in [3.8, 4) is 0 Å². The van der Waals surface area contributed by atoms with Crippen LogP contribution in [0.1, 0.15) is 289 Å². The molecule has 0 amide bonds. The van der Waals surface area contributed by atoms with Crippen molar-refractivity contribution in [3.05, 3.63) is 0 Å². The molecule has 0 rings (SSSR count). The molecule has 0 aromatic rings. The van der Waals surface area contributed by atoms with Gasteiger partial charge in [0.1, 0.15) is 0 Å². The molecule has 0 N–H and O–H groups in total. The van der Waals surface area contributed by atoms with Crippen molar-refractivity contribution in [1.82, 2.24) is 0 Å². The highest BCUT2D eigenvalue weighted by Gasteiger charge is 2.15. The van der Waals surface area contributed by atoms with Crippen LogP contribution in [0.4, 0.5) is 0 Å². The topological polar surface area (TPSA) is 0 Å². The zero-order valence-electron chi connectivity index (χ0n) is 36.3. The molecule has 0 nitrogen and oxygen atoms in total. The Morgan fingerprint density at radius 1 is 0.180 bits per heavy atom. The van der Waals surface area contributed by atoms with Gasteiger partial charge in [-0.1, -0.05) is 277 Å². The van der Waals surface area contributed by atoms with Gasteiger partial charge in [0.15, 0.2) is 0 Å². The Bertz CT molecular complexity index is 576. The predicted octanol–water partition coefficient (Wildman–Crippen LogP) is 19.1. The van der Waals surface area contributed by atoms with E-state index in [1.54, 1.807) is 0 Å². The van der Waals surface area contributed by atoms with Crippen LogP contribution in [0, 0.1) is 0 Å². The Morgan fingerprint density at radius 2 is 0.300 bits per heavy atom. The molecule has 0 aliphatic rings. The molecule has 0 heterocycles. The lowest BCUT2D eigenvalue weighted by Gasteiger charge is -2.10. The summed E-state index contributed by atoms with van der Waals surface area (Å²) in [7, 11) is -0.524. The smallest absolute Gasteiger partial charge is 0.0586 e. The highest BCUT2D eigenvalue weighted by atomic mass is 31.2. The van der Waals surface area contributed by atoms with Gasteiger partial charge >= 0.3 is 0 Å². The van der Waals surface area contributed by atoms with Gasteiger partial charge in [0.2, 0.25) is 0 Å². The first-order chi connectivity index (χ1) is 24.6. The zero-order valence-corrected chi connectivity index (χ0v) is 37.2. The highest BCUT2D eigenvalue weighted by molar-refractivity contribution is 7.73. The minimum absolute atomic E-state index is 0.524. The number of rotatable bonds is 45. The van der Waals surface area contributed by atoms with Gasteiger partial charge in [-0.15, -0.1) is 0 Å². The van der Waals surface area contributed by atoms with Crippen LogP contribution >= 0.6 is 7.26 Å². The molecule has 0 atom stereocenters. The van der Waals surface area contributed by atoms with E-state index in [0.717, 1.165) is 0 Å². The Balaban J connectivity index is 3.06. The summed E-state index contributed by atoms with van der Waals surface area (Å²) in [6, 6.07) is 0. The van der Waals surface area contributed by atoms with Crippen LogP contribution in [0.3, 0.4) is 0 Å². The first kappa shape index (κ1) is 50.4. The number of hydrogen-bond acceptors (Lipinski definition) is 0. The average Bonchev–Trinajstić information content (AvgIpc) is 3.09. The van der Waals surface area contributed by atoms with Crippen molar-refractivity contribution in [1.29, 1.82) is 0 Å². The minimum atomic E-state index is -0.524. The van der Waals surface area contributed by atoms with Crippen LogP contribution in [0.2, 0.25) is 0 Å². The monoisotopic (exact) mass is 722 g/mol. The summed E-state index contributed by atoms with van der Waals surface area (Å²) in [4.78, 5) is 0. The van der Waals surface area contributed by atoms with Gasteiger partial charge in [-0.05, 0) is 12.8 Å². The maximum Gasteiger partial charge on any atom is 0.0586 e. The van der Waals surface area contributed by atoms with Crippen LogP contribution in [-0.2, 0) is 0 Å². The van der Waals surface area contributed by atoms with Crippen molar-refractivity contribution in [3.63, 3.8) is 0 Å². The molecular formula is C49H102P+. The van der Waals surface area contributed by atoms with E-state index in [9.17, 15) is 0 Å². The number of unbranched alkanes of at least 4 members (excludes halogenated alkanes) is 43. The van der Waals surface area contributed by atoms with E-state index in [1.807, 2.05) is 0 Å². The first-order valence-corrected chi connectivity index (χ1v) is 27.7. The second-order valence-electron chi connectivity index (χ2n) is 18.2. The van der Waals surface area contributed by atoms with Gasteiger partial charge in [0.05, 0.1) is 6.16 Å². The Hall–Kier alpha value is 0.430. The van der Waals surface area contributed by atoms with Gasteiger partial charge in [-0.3, -0.25) is 0 Å². The Morgan fingerprint density at radius 3 is 0.420 bits per heavy atom. The van der Waals surface area contributed by atoms with Gasteiger partial charge < -0.3 is 0 Å². The molecule has 0 spiro atoms. The summed E-state index contributed by atoms with van der Waals surface area (Å²) in [6.45, 7) is 9.77. The molecular weight excluding hydrogens is 620 g/mol.